The monoisotopic (exact) mass is 372 g/mol. The second-order valence-corrected chi connectivity index (χ2v) is 6.23. The molecule has 3 nitrogen and oxygen atoms in total. The predicted octanol–water partition coefficient (Wildman–Crippen LogP) is 6.08. The topological polar surface area (TPSA) is 46.5 Å². The van der Waals surface area contributed by atoms with Gasteiger partial charge in [-0.15, -0.1) is 0 Å². The van der Waals surface area contributed by atoms with E-state index in [9.17, 15) is 4.79 Å². The normalized spacial score (nSPS) is 10.5. The second-order valence-electron chi connectivity index (χ2n) is 5.45. The molecule has 0 heterocycles. The summed E-state index contributed by atoms with van der Waals surface area (Å²) in [6, 6.07) is 20.0. The maximum Gasteiger partial charge on any atom is 0.307 e. The molecule has 0 fully saturated rings. The summed E-state index contributed by atoms with van der Waals surface area (Å²) in [6.45, 7) is 0. The first-order valence-electron chi connectivity index (χ1n) is 7.56. The van der Waals surface area contributed by atoms with E-state index < -0.39 is 5.97 Å². The molecule has 0 aliphatic heterocycles. The van der Waals surface area contributed by atoms with Crippen molar-refractivity contribution < 1.29 is 14.6 Å². The van der Waals surface area contributed by atoms with Gasteiger partial charge in [-0.25, -0.2) is 0 Å². The van der Waals surface area contributed by atoms with E-state index in [4.69, 9.17) is 33.0 Å². The van der Waals surface area contributed by atoms with Crippen molar-refractivity contribution in [1.82, 2.24) is 0 Å². The molecule has 3 rings (SSSR count). The summed E-state index contributed by atoms with van der Waals surface area (Å²) in [6.07, 6.45) is -0.0463. The Morgan fingerprint density at radius 2 is 1.60 bits per heavy atom. The van der Waals surface area contributed by atoms with Crippen molar-refractivity contribution in [3.8, 4) is 22.6 Å². The third-order valence-electron chi connectivity index (χ3n) is 3.59. The van der Waals surface area contributed by atoms with Crippen LogP contribution in [-0.4, -0.2) is 11.1 Å². The van der Waals surface area contributed by atoms with Crippen LogP contribution in [0.1, 0.15) is 5.56 Å². The Hall–Kier alpha value is -2.49. The Morgan fingerprint density at radius 1 is 0.920 bits per heavy atom. The van der Waals surface area contributed by atoms with Crippen molar-refractivity contribution in [3.63, 3.8) is 0 Å². The second kappa shape index (κ2) is 7.60. The number of carbonyl (C=O) groups is 1. The summed E-state index contributed by atoms with van der Waals surface area (Å²) in [5.41, 5.74) is 2.38. The van der Waals surface area contributed by atoms with E-state index in [0.29, 0.717) is 27.1 Å². The number of aliphatic carboxylic acids is 1. The minimum Gasteiger partial charge on any atom is -0.481 e. The first-order chi connectivity index (χ1) is 12.0. The zero-order chi connectivity index (χ0) is 17.8. The number of hydrogen-bond donors (Lipinski definition) is 1. The van der Waals surface area contributed by atoms with Crippen LogP contribution in [-0.2, 0) is 11.2 Å². The molecule has 0 atom stereocenters. The Bertz CT molecular complexity index is 922. The van der Waals surface area contributed by atoms with Crippen molar-refractivity contribution in [3.05, 3.63) is 82.3 Å². The fourth-order valence-corrected chi connectivity index (χ4v) is 2.89. The third-order valence-corrected chi connectivity index (χ3v) is 4.41. The van der Waals surface area contributed by atoms with Crippen molar-refractivity contribution in [2.45, 2.75) is 6.42 Å². The lowest BCUT2D eigenvalue weighted by Crippen LogP contribution is -1.99. The lowest BCUT2D eigenvalue weighted by molar-refractivity contribution is -0.136. The van der Waals surface area contributed by atoms with Crippen LogP contribution in [0.5, 0.6) is 11.5 Å². The predicted molar refractivity (Wildman–Crippen MR) is 99.8 cm³/mol. The molecule has 0 aliphatic carbocycles. The van der Waals surface area contributed by atoms with Crippen LogP contribution in [0.25, 0.3) is 11.1 Å². The van der Waals surface area contributed by atoms with Crippen molar-refractivity contribution in [2.75, 3.05) is 0 Å². The highest BCUT2D eigenvalue weighted by Crippen LogP contribution is 2.35. The van der Waals surface area contributed by atoms with Gasteiger partial charge in [0.05, 0.1) is 16.5 Å². The minimum atomic E-state index is -0.880. The molecule has 0 spiro atoms. The fourth-order valence-electron chi connectivity index (χ4n) is 2.48. The van der Waals surface area contributed by atoms with Crippen LogP contribution in [0, 0.1) is 0 Å². The summed E-state index contributed by atoms with van der Waals surface area (Å²) in [7, 11) is 0. The molecule has 0 saturated carbocycles. The van der Waals surface area contributed by atoms with Crippen LogP contribution < -0.4 is 4.74 Å². The van der Waals surface area contributed by atoms with Crippen molar-refractivity contribution >= 4 is 29.2 Å². The molecule has 0 unspecified atom stereocenters. The van der Waals surface area contributed by atoms with Crippen LogP contribution in [0.15, 0.2) is 66.7 Å². The molecular weight excluding hydrogens is 359 g/mol. The van der Waals surface area contributed by atoms with Gasteiger partial charge in [0.15, 0.2) is 0 Å². The highest BCUT2D eigenvalue weighted by Gasteiger charge is 2.08. The molecule has 0 radical (unpaired) electrons. The van der Waals surface area contributed by atoms with E-state index in [-0.39, 0.29) is 6.42 Å². The Kier molecular flexibility index (Phi) is 5.27. The molecule has 5 heteroatoms. The molecular formula is C20H14Cl2O3. The molecule has 0 aromatic heterocycles. The molecule has 0 aliphatic rings. The number of rotatable bonds is 5. The summed E-state index contributed by atoms with van der Waals surface area (Å²) >= 11 is 12.4. The van der Waals surface area contributed by atoms with Gasteiger partial charge >= 0.3 is 5.97 Å². The molecule has 126 valence electrons. The fraction of sp³-hybridized carbons (Fsp3) is 0.0500. The largest absolute Gasteiger partial charge is 0.481 e. The number of benzene rings is 3. The van der Waals surface area contributed by atoms with Gasteiger partial charge in [-0.3, -0.25) is 4.79 Å². The number of carboxylic acid groups (broad SMARTS) is 1. The molecule has 0 bridgehead atoms. The minimum absolute atomic E-state index is 0.0463. The molecule has 0 amide bonds. The highest BCUT2D eigenvalue weighted by atomic mass is 35.5. The quantitative estimate of drug-likeness (QED) is 0.590. The van der Waals surface area contributed by atoms with Crippen LogP contribution >= 0.6 is 23.2 Å². The molecule has 3 aromatic rings. The van der Waals surface area contributed by atoms with Gasteiger partial charge in [-0.05, 0) is 41.5 Å². The standard InChI is InChI=1S/C20H14Cl2O3/c21-18-9-3-8-17(20(18)22)14-5-2-7-16(12-14)25-15-6-1-4-13(10-15)11-19(23)24/h1-10,12H,11H2,(H,23,24). The highest BCUT2D eigenvalue weighted by molar-refractivity contribution is 6.43. The van der Waals surface area contributed by atoms with E-state index >= 15 is 0 Å². The van der Waals surface area contributed by atoms with Crippen LogP contribution in [0.4, 0.5) is 0 Å². The Labute approximate surface area is 155 Å². The number of halogens is 2. The van der Waals surface area contributed by atoms with Gasteiger partial charge in [0.25, 0.3) is 0 Å². The maximum absolute atomic E-state index is 10.8. The zero-order valence-corrected chi connectivity index (χ0v) is 14.6. The van der Waals surface area contributed by atoms with Crippen LogP contribution in [0.3, 0.4) is 0 Å². The summed E-state index contributed by atoms with van der Waals surface area (Å²) in [5.74, 6) is 0.323. The van der Waals surface area contributed by atoms with Gasteiger partial charge in [-0.1, -0.05) is 59.6 Å². The molecule has 1 N–H and O–H groups in total. The molecule has 3 aromatic carbocycles. The maximum atomic E-state index is 10.8. The van der Waals surface area contributed by atoms with Crippen LogP contribution in [0.2, 0.25) is 10.0 Å². The van der Waals surface area contributed by atoms with Gasteiger partial charge < -0.3 is 9.84 Å². The summed E-state index contributed by atoms with van der Waals surface area (Å²) in [4.78, 5) is 10.8. The Morgan fingerprint density at radius 3 is 2.36 bits per heavy atom. The van der Waals surface area contributed by atoms with E-state index in [2.05, 4.69) is 0 Å². The smallest absolute Gasteiger partial charge is 0.307 e. The van der Waals surface area contributed by atoms with E-state index in [1.165, 1.54) is 0 Å². The third kappa shape index (κ3) is 4.32. The Balaban J connectivity index is 1.87. The molecule has 0 saturated heterocycles. The van der Waals surface area contributed by atoms with Crippen molar-refractivity contribution in [2.24, 2.45) is 0 Å². The molecule has 25 heavy (non-hydrogen) atoms. The number of carboxylic acids is 1. The van der Waals surface area contributed by atoms with E-state index in [0.717, 1.165) is 11.1 Å². The van der Waals surface area contributed by atoms with Gasteiger partial charge in [0, 0.05) is 5.56 Å². The van der Waals surface area contributed by atoms with Crippen molar-refractivity contribution in [1.29, 1.82) is 0 Å². The lowest BCUT2D eigenvalue weighted by Gasteiger charge is -2.10. The average molecular weight is 373 g/mol. The van der Waals surface area contributed by atoms with Gasteiger partial charge in [-0.2, -0.15) is 0 Å². The average Bonchev–Trinajstić information content (AvgIpc) is 2.57. The SMILES string of the molecule is O=C(O)Cc1cccc(Oc2cccc(-c3cccc(Cl)c3Cl)c2)c1. The summed E-state index contributed by atoms with van der Waals surface area (Å²) in [5, 5.41) is 9.88. The van der Waals surface area contributed by atoms with E-state index in [1.54, 1.807) is 30.3 Å². The first kappa shape index (κ1) is 17.3. The number of ether oxygens (including phenoxy) is 1. The lowest BCUT2D eigenvalue weighted by atomic mass is 10.1. The summed E-state index contributed by atoms with van der Waals surface area (Å²) < 4.78 is 5.86. The van der Waals surface area contributed by atoms with E-state index in [1.807, 2.05) is 36.4 Å². The first-order valence-corrected chi connectivity index (χ1v) is 8.31. The zero-order valence-electron chi connectivity index (χ0n) is 13.1. The van der Waals surface area contributed by atoms with Gasteiger partial charge in [0.2, 0.25) is 0 Å². The number of hydrogen-bond acceptors (Lipinski definition) is 2. The van der Waals surface area contributed by atoms with Gasteiger partial charge in [0.1, 0.15) is 11.5 Å².